The van der Waals surface area contributed by atoms with E-state index in [1.54, 1.807) is 6.07 Å². The van der Waals surface area contributed by atoms with Gasteiger partial charge in [0.05, 0.1) is 16.8 Å². The number of aryl methyl sites for hydroxylation is 1. The molecule has 1 atom stereocenters. The van der Waals surface area contributed by atoms with E-state index in [4.69, 9.17) is 17.3 Å². The van der Waals surface area contributed by atoms with Crippen molar-refractivity contribution >= 4 is 23.0 Å². The maximum Gasteiger partial charge on any atom is 0.0658 e. The predicted octanol–water partition coefficient (Wildman–Crippen LogP) is 4.41. The molecule has 2 nitrogen and oxygen atoms in total. The molecule has 1 unspecified atom stereocenters. The zero-order chi connectivity index (χ0) is 13.2. The molecule has 0 aliphatic heterocycles. The van der Waals surface area contributed by atoms with Gasteiger partial charge in [-0.15, -0.1) is 0 Å². The van der Waals surface area contributed by atoms with Crippen molar-refractivity contribution in [3.05, 3.63) is 58.6 Å². The third-order valence-corrected chi connectivity index (χ3v) is 4.01. The topological polar surface area (TPSA) is 38.0 Å². The molecule has 0 bridgehead atoms. The Hall–Kier alpha value is -1.67. The molecule has 0 saturated carbocycles. The molecule has 0 aromatic heterocycles. The van der Waals surface area contributed by atoms with E-state index in [1.165, 1.54) is 24.0 Å². The van der Waals surface area contributed by atoms with Gasteiger partial charge in [-0.25, -0.2) is 0 Å². The van der Waals surface area contributed by atoms with Crippen molar-refractivity contribution in [2.24, 2.45) is 0 Å². The summed E-state index contributed by atoms with van der Waals surface area (Å²) in [6.07, 6.45) is 3.52. The number of anilines is 2. The third kappa shape index (κ3) is 2.54. The lowest BCUT2D eigenvalue weighted by atomic mass is 9.87. The second kappa shape index (κ2) is 5.14. The standard InChI is InChI=1S/C16H17ClN2/c17-14-10-12(18)8-9-16(14)19-15-7-3-5-11-4-1-2-6-13(11)15/h1-2,4,6,8-10,15,19H,3,5,7,18H2. The SMILES string of the molecule is Nc1ccc(NC2CCCc3ccccc32)c(Cl)c1. The highest BCUT2D eigenvalue weighted by atomic mass is 35.5. The molecular formula is C16H17ClN2. The van der Waals surface area contributed by atoms with Gasteiger partial charge < -0.3 is 11.1 Å². The number of nitrogens with one attached hydrogen (secondary N) is 1. The molecule has 2 aromatic rings. The van der Waals surface area contributed by atoms with Crippen LogP contribution < -0.4 is 11.1 Å². The first-order valence-electron chi connectivity index (χ1n) is 6.63. The highest BCUT2D eigenvalue weighted by molar-refractivity contribution is 6.33. The molecule has 0 saturated heterocycles. The number of hydrogen-bond donors (Lipinski definition) is 2. The molecule has 0 radical (unpaired) electrons. The van der Waals surface area contributed by atoms with Crippen molar-refractivity contribution in [2.75, 3.05) is 11.1 Å². The minimum absolute atomic E-state index is 0.339. The average Bonchev–Trinajstić information content (AvgIpc) is 2.42. The smallest absolute Gasteiger partial charge is 0.0658 e. The maximum absolute atomic E-state index is 6.23. The first-order valence-corrected chi connectivity index (χ1v) is 7.01. The van der Waals surface area contributed by atoms with Gasteiger partial charge in [0.2, 0.25) is 0 Å². The lowest BCUT2D eigenvalue weighted by Crippen LogP contribution is -2.17. The van der Waals surface area contributed by atoms with Gasteiger partial charge in [0.15, 0.2) is 0 Å². The Morgan fingerprint density at radius 3 is 2.84 bits per heavy atom. The number of rotatable bonds is 2. The van der Waals surface area contributed by atoms with E-state index in [-0.39, 0.29) is 0 Å². The van der Waals surface area contributed by atoms with Crippen molar-refractivity contribution in [1.82, 2.24) is 0 Å². The number of nitrogen functional groups attached to an aromatic ring is 1. The second-order valence-electron chi connectivity index (χ2n) is 5.03. The summed E-state index contributed by atoms with van der Waals surface area (Å²) in [5, 5.41) is 4.23. The average molecular weight is 273 g/mol. The highest BCUT2D eigenvalue weighted by Gasteiger charge is 2.20. The van der Waals surface area contributed by atoms with Crippen LogP contribution in [-0.4, -0.2) is 0 Å². The zero-order valence-electron chi connectivity index (χ0n) is 10.7. The summed E-state index contributed by atoms with van der Waals surface area (Å²) >= 11 is 6.23. The van der Waals surface area contributed by atoms with Crippen LogP contribution in [-0.2, 0) is 6.42 Å². The number of hydrogen-bond acceptors (Lipinski definition) is 2. The number of benzene rings is 2. The van der Waals surface area contributed by atoms with E-state index in [0.717, 1.165) is 12.1 Å². The fraction of sp³-hybridized carbons (Fsp3) is 0.250. The molecule has 98 valence electrons. The van der Waals surface area contributed by atoms with Crippen molar-refractivity contribution in [3.8, 4) is 0 Å². The summed E-state index contributed by atoms with van der Waals surface area (Å²) in [5.41, 5.74) is 10.2. The largest absolute Gasteiger partial charge is 0.399 e. The molecule has 2 aromatic carbocycles. The second-order valence-corrected chi connectivity index (χ2v) is 5.43. The maximum atomic E-state index is 6.23. The third-order valence-electron chi connectivity index (χ3n) is 3.69. The van der Waals surface area contributed by atoms with Crippen LogP contribution in [0.2, 0.25) is 5.02 Å². The Morgan fingerprint density at radius 1 is 1.16 bits per heavy atom. The number of fused-ring (bicyclic) bond motifs is 1. The molecule has 0 amide bonds. The van der Waals surface area contributed by atoms with Gasteiger partial charge in [-0.2, -0.15) is 0 Å². The number of nitrogens with two attached hydrogens (primary N) is 1. The molecule has 0 heterocycles. The summed E-state index contributed by atoms with van der Waals surface area (Å²) in [5.74, 6) is 0. The van der Waals surface area contributed by atoms with E-state index < -0.39 is 0 Å². The van der Waals surface area contributed by atoms with Gasteiger partial charge in [-0.1, -0.05) is 35.9 Å². The van der Waals surface area contributed by atoms with Crippen LogP contribution in [0.3, 0.4) is 0 Å². The van der Waals surface area contributed by atoms with Crippen molar-refractivity contribution < 1.29 is 0 Å². The molecule has 3 N–H and O–H groups in total. The van der Waals surface area contributed by atoms with Crippen molar-refractivity contribution in [1.29, 1.82) is 0 Å². The quantitative estimate of drug-likeness (QED) is 0.795. The highest BCUT2D eigenvalue weighted by Crippen LogP contribution is 2.34. The Labute approximate surface area is 118 Å². The van der Waals surface area contributed by atoms with Gasteiger partial charge in [0.25, 0.3) is 0 Å². The van der Waals surface area contributed by atoms with Crippen LogP contribution in [0.25, 0.3) is 0 Å². The van der Waals surface area contributed by atoms with E-state index in [0.29, 0.717) is 16.8 Å². The fourth-order valence-corrected chi connectivity index (χ4v) is 2.98. The lowest BCUT2D eigenvalue weighted by molar-refractivity contribution is 0.600. The Kier molecular flexibility index (Phi) is 3.34. The van der Waals surface area contributed by atoms with Gasteiger partial charge >= 0.3 is 0 Å². The van der Waals surface area contributed by atoms with Gasteiger partial charge in [0, 0.05) is 5.69 Å². The monoisotopic (exact) mass is 272 g/mol. The number of halogens is 1. The van der Waals surface area contributed by atoms with Crippen LogP contribution in [0.4, 0.5) is 11.4 Å². The van der Waals surface area contributed by atoms with Crippen molar-refractivity contribution in [2.45, 2.75) is 25.3 Å². The predicted molar refractivity (Wildman–Crippen MR) is 81.6 cm³/mol. The Bertz CT molecular complexity index is 595. The van der Waals surface area contributed by atoms with Gasteiger partial charge in [-0.05, 0) is 48.6 Å². The molecule has 0 spiro atoms. The van der Waals surface area contributed by atoms with E-state index >= 15 is 0 Å². The summed E-state index contributed by atoms with van der Waals surface area (Å²) in [6, 6.07) is 14.6. The molecule has 3 heteroatoms. The lowest BCUT2D eigenvalue weighted by Gasteiger charge is -2.27. The minimum Gasteiger partial charge on any atom is -0.399 e. The fourth-order valence-electron chi connectivity index (χ4n) is 2.74. The summed E-state index contributed by atoms with van der Waals surface area (Å²) < 4.78 is 0. The molecule has 1 aliphatic rings. The molecule has 1 aliphatic carbocycles. The van der Waals surface area contributed by atoms with Crippen molar-refractivity contribution in [3.63, 3.8) is 0 Å². The van der Waals surface area contributed by atoms with Crippen LogP contribution in [0.1, 0.15) is 30.0 Å². The van der Waals surface area contributed by atoms with Crippen LogP contribution in [0.5, 0.6) is 0 Å². The molecule has 19 heavy (non-hydrogen) atoms. The first kappa shape index (κ1) is 12.4. The summed E-state index contributed by atoms with van der Waals surface area (Å²) in [7, 11) is 0. The minimum atomic E-state index is 0.339. The molecular weight excluding hydrogens is 256 g/mol. The van der Waals surface area contributed by atoms with Crippen LogP contribution >= 0.6 is 11.6 Å². The molecule has 0 fully saturated rings. The van der Waals surface area contributed by atoms with Crippen LogP contribution in [0, 0.1) is 0 Å². The van der Waals surface area contributed by atoms with E-state index in [9.17, 15) is 0 Å². The Balaban J connectivity index is 1.88. The van der Waals surface area contributed by atoms with Crippen LogP contribution in [0.15, 0.2) is 42.5 Å². The Morgan fingerprint density at radius 2 is 2.00 bits per heavy atom. The van der Waals surface area contributed by atoms with E-state index in [1.807, 2.05) is 12.1 Å². The normalized spacial score (nSPS) is 17.8. The summed E-state index contributed by atoms with van der Waals surface area (Å²) in [4.78, 5) is 0. The molecule has 3 rings (SSSR count). The van der Waals surface area contributed by atoms with E-state index in [2.05, 4.69) is 29.6 Å². The summed E-state index contributed by atoms with van der Waals surface area (Å²) in [6.45, 7) is 0. The zero-order valence-corrected chi connectivity index (χ0v) is 11.5. The van der Waals surface area contributed by atoms with Gasteiger partial charge in [0.1, 0.15) is 0 Å². The van der Waals surface area contributed by atoms with Gasteiger partial charge in [-0.3, -0.25) is 0 Å². The first-order chi connectivity index (χ1) is 9.24.